The summed E-state index contributed by atoms with van der Waals surface area (Å²) >= 11 is 1.59. The average Bonchev–Trinajstić information content (AvgIpc) is 3.37. The lowest BCUT2D eigenvalue weighted by molar-refractivity contribution is -0.137. The number of hydrogen-bond donors (Lipinski definition) is 1. The quantitative estimate of drug-likeness (QED) is 0.319. The van der Waals surface area contributed by atoms with Gasteiger partial charge in [-0.1, -0.05) is 42.5 Å². The molecule has 0 radical (unpaired) electrons. The molecule has 2 heterocycles. The molecule has 2 saturated heterocycles. The number of morpholine rings is 1. The number of hydrazone groups is 1. The highest BCUT2D eigenvalue weighted by Crippen LogP contribution is 2.39. The Morgan fingerprint density at radius 2 is 1.73 bits per heavy atom. The molecular weight excluding hydrogens is 528 g/mol. The van der Waals surface area contributed by atoms with E-state index in [4.69, 9.17) is 9.47 Å². The molecule has 0 spiro atoms. The molecule has 3 aromatic carbocycles. The highest BCUT2D eigenvalue weighted by atomic mass is 32.2. The first-order valence-corrected chi connectivity index (χ1v) is 14.1. The van der Waals surface area contributed by atoms with Crippen LogP contribution in [0.2, 0.25) is 0 Å². The lowest BCUT2D eigenvalue weighted by Crippen LogP contribution is -2.42. The summed E-state index contributed by atoms with van der Waals surface area (Å²) in [6.45, 7) is 2.80. The van der Waals surface area contributed by atoms with Gasteiger partial charge in [0.15, 0.2) is 6.61 Å². The van der Waals surface area contributed by atoms with Crippen LogP contribution in [-0.4, -0.2) is 72.4 Å². The van der Waals surface area contributed by atoms with Gasteiger partial charge < -0.3 is 19.3 Å². The van der Waals surface area contributed by atoms with Crippen molar-refractivity contribution in [1.29, 1.82) is 0 Å². The van der Waals surface area contributed by atoms with E-state index in [9.17, 15) is 14.4 Å². The first kappa shape index (κ1) is 27.4. The molecule has 206 valence electrons. The Labute approximate surface area is 237 Å². The van der Waals surface area contributed by atoms with Crippen LogP contribution in [0.15, 0.2) is 84.0 Å². The molecule has 0 unspecified atom stereocenters. The molecule has 0 saturated carbocycles. The lowest BCUT2D eigenvalue weighted by Gasteiger charge is -2.26. The van der Waals surface area contributed by atoms with Gasteiger partial charge in [0.05, 0.1) is 25.2 Å². The molecule has 0 bridgehead atoms. The summed E-state index contributed by atoms with van der Waals surface area (Å²) in [4.78, 5) is 40.9. The van der Waals surface area contributed by atoms with Gasteiger partial charge in [-0.2, -0.15) is 5.10 Å². The number of carbonyl (C=O) groups is 3. The Morgan fingerprint density at radius 1 is 1.00 bits per heavy atom. The molecular formula is C30H30N4O5S. The van der Waals surface area contributed by atoms with Gasteiger partial charge in [-0.05, 0) is 53.1 Å². The number of benzene rings is 3. The summed E-state index contributed by atoms with van der Waals surface area (Å²) in [6, 6.07) is 24.3. The van der Waals surface area contributed by atoms with Crippen LogP contribution >= 0.6 is 11.8 Å². The van der Waals surface area contributed by atoms with Crippen LogP contribution in [0.3, 0.4) is 0 Å². The van der Waals surface area contributed by atoms with E-state index < -0.39 is 0 Å². The lowest BCUT2D eigenvalue weighted by atomic mass is 10.1. The minimum absolute atomic E-state index is 0.0247. The molecule has 0 aliphatic carbocycles. The number of nitrogens with one attached hydrogen (secondary N) is 1. The Balaban J connectivity index is 1.11. The second kappa shape index (κ2) is 13.3. The third-order valence-corrected chi connectivity index (χ3v) is 7.86. The van der Waals surface area contributed by atoms with E-state index in [1.54, 1.807) is 53.1 Å². The van der Waals surface area contributed by atoms with Gasteiger partial charge in [-0.15, -0.1) is 11.8 Å². The van der Waals surface area contributed by atoms with Crippen LogP contribution in [0.5, 0.6) is 5.75 Å². The summed E-state index contributed by atoms with van der Waals surface area (Å²) in [6.07, 6.45) is 1.54. The molecule has 2 aliphatic rings. The predicted molar refractivity (Wildman–Crippen MR) is 153 cm³/mol. The van der Waals surface area contributed by atoms with Crippen LogP contribution in [-0.2, 0) is 20.9 Å². The summed E-state index contributed by atoms with van der Waals surface area (Å²) in [5, 5.41) is 3.97. The summed E-state index contributed by atoms with van der Waals surface area (Å²) in [5.74, 6) is 0.725. The van der Waals surface area contributed by atoms with Crippen molar-refractivity contribution >= 4 is 35.7 Å². The van der Waals surface area contributed by atoms with Crippen molar-refractivity contribution in [1.82, 2.24) is 15.2 Å². The van der Waals surface area contributed by atoms with Crippen LogP contribution < -0.4 is 10.2 Å². The Kier molecular flexibility index (Phi) is 9.10. The maximum Gasteiger partial charge on any atom is 0.271 e. The third kappa shape index (κ3) is 7.08. The van der Waals surface area contributed by atoms with E-state index in [0.29, 0.717) is 49.9 Å². The van der Waals surface area contributed by atoms with E-state index >= 15 is 0 Å². The van der Waals surface area contributed by atoms with Gasteiger partial charge in [0.1, 0.15) is 11.1 Å². The minimum Gasteiger partial charge on any atom is -0.484 e. The zero-order chi connectivity index (χ0) is 27.7. The standard InChI is InChI=1S/C30H30N4O5S/c35-27(33-14-16-38-17-15-33)20-39-26-12-6-22(7-13-26)18-31-32-29(37)24-8-10-25(11-9-24)30-34(28(36)21-40-30)19-23-4-2-1-3-5-23/h1-13,18,30H,14-17,19-21H2,(H,32,37)/b31-18-/t30-/m0/s1. The van der Waals surface area contributed by atoms with E-state index in [0.717, 1.165) is 16.7 Å². The predicted octanol–water partition coefficient (Wildman–Crippen LogP) is 3.46. The minimum atomic E-state index is -0.333. The second-order valence-corrected chi connectivity index (χ2v) is 10.4. The van der Waals surface area contributed by atoms with Gasteiger partial charge in [0, 0.05) is 25.2 Å². The fourth-order valence-electron chi connectivity index (χ4n) is 4.41. The van der Waals surface area contributed by atoms with Crippen molar-refractivity contribution in [2.24, 2.45) is 5.10 Å². The number of amides is 3. The monoisotopic (exact) mass is 558 g/mol. The third-order valence-electron chi connectivity index (χ3n) is 6.61. The van der Waals surface area contributed by atoms with Gasteiger partial charge in [-0.25, -0.2) is 5.43 Å². The zero-order valence-electron chi connectivity index (χ0n) is 21.9. The molecule has 9 nitrogen and oxygen atoms in total. The molecule has 2 aliphatic heterocycles. The van der Waals surface area contributed by atoms with Crippen LogP contribution in [0.1, 0.15) is 32.4 Å². The van der Waals surface area contributed by atoms with Gasteiger partial charge in [0.2, 0.25) is 5.91 Å². The van der Waals surface area contributed by atoms with Gasteiger partial charge >= 0.3 is 0 Å². The Hall–Kier alpha value is -4.15. The molecule has 1 N–H and O–H groups in total. The molecule has 0 aromatic heterocycles. The zero-order valence-corrected chi connectivity index (χ0v) is 22.7. The van der Waals surface area contributed by atoms with E-state index in [-0.39, 0.29) is 29.7 Å². The van der Waals surface area contributed by atoms with Gasteiger partial charge in [0.25, 0.3) is 11.8 Å². The fourth-order valence-corrected chi connectivity index (χ4v) is 5.60. The summed E-state index contributed by atoms with van der Waals surface area (Å²) in [7, 11) is 0. The van der Waals surface area contributed by atoms with Crippen molar-refractivity contribution in [3.63, 3.8) is 0 Å². The number of hydrogen-bond acceptors (Lipinski definition) is 7. The SMILES string of the molecule is O=C(N/N=C\c1ccc(OCC(=O)N2CCOCC2)cc1)c1ccc([C@@H]2SCC(=O)N2Cc2ccccc2)cc1. The Bertz CT molecular complexity index is 1340. The highest BCUT2D eigenvalue weighted by Gasteiger charge is 2.32. The fraction of sp³-hybridized carbons (Fsp3) is 0.267. The first-order chi connectivity index (χ1) is 19.6. The molecule has 3 amide bonds. The first-order valence-electron chi connectivity index (χ1n) is 13.0. The summed E-state index contributed by atoms with van der Waals surface area (Å²) < 4.78 is 10.9. The van der Waals surface area contributed by atoms with E-state index in [1.165, 1.54) is 6.21 Å². The average molecular weight is 559 g/mol. The highest BCUT2D eigenvalue weighted by molar-refractivity contribution is 8.00. The number of thioether (sulfide) groups is 1. The molecule has 5 rings (SSSR count). The van der Waals surface area contributed by atoms with Crippen LogP contribution in [0.4, 0.5) is 0 Å². The number of rotatable bonds is 9. The molecule has 10 heteroatoms. The van der Waals surface area contributed by atoms with Crippen molar-refractivity contribution in [2.75, 3.05) is 38.7 Å². The van der Waals surface area contributed by atoms with Crippen LogP contribution in [0, 0.1) is 0 Å². The number of carbonyl (C=O) groups excluding carboxylic acids is 3. The largest absolute Gasteiger partial charge is 0.484 e. The topological polar surface area (TPSA) is 101 Å². The molecule has 2 fully saturated rings. The summed E-state index contributed by atoms with van der Waals surface area (Å²) in [5.41, 5.74) is 5.84. The maximum atomic E-state index is 12.6. The van der Waals surface area contributed by atoms with Crippen molar-refractivity contribution in [3.05, 3.63) is 101 Å². The van der Waals surface area contributed by atoms with Crippen molar-refractivity contribution < 1.29 is 23.9 Å². The van der Waals surface area contributed by atoms with E-state index in [2.05, 4.69) is 10.5 Å². The van der Waals surface area contributed by atoms with Crippen molar-refractivity contribution in [3.8, 4) is 5.75 Å². The number of ether oxygens (including phenoxy) is 2. The smallest absolute Gasteiger partial charge is 0.271 e. The van der Waals surface area contributed by atoms with E-state index in [1.807, 2.05) is 47.4 Å². The molecule has 1 atom stereocenters. The second-order valence-electron chi connectivity index (χ2n) is 9.34. The Morgan fingerprint density at radius 3 is 2.45 bits per heavy atom. The normalized spacial score (nSPS) is 17.3. The molecule has 40 heavy (non-hydrogen) atoms. The molecule has 3 aromatic rings. The maximum absolute atomic E-state index is 12.6. The van der Waals surface area contributed by atoms with Crippen LogP contribution in [0.25, 0.3) is 0 Å². The number of nitrogens with zero attached hydrogens (tertiary/aromatic N) is 3. The van der Waals surface area contributed by atoms with Crippen molar-refractivity contribution in [2.45, 2.75) is 11.9 Å². The van der Waals surface area contributed by atoms with Gasteiger partial charge in [-0.3, -0.25) is 14.4 Å².